The van der Waals surface area contributed by atoms with Crippen molar-refractivity contribution in [3.8, 4) is 0 Å². The number of carbonyl (C=O) groups excluding carboxylic acids is 1. The van der Waals surface area contributed by atoms with Crippen LogP contribution in [0.15, 0.2) is 110 Å². The highest BCUT2D eigenvalue weighted by atomic mass is 35.5. The van der Waals surface area contributed by atoms with E-state index in [1.807, 2.05) is 48.9 Å². The highest BCUT2D eigenvalue weighted by molar-refractivity contribution is 6.33. The Labute approximate surface area is 338 Å². The monoisotopic (exact) mass is 800 g/mol. The molecule has 6 aromatic rings. The Kier molecular flexibility index (Phi) is 13.2. The molecule has 2 aliphatic rings. The van der Waals surface area contributed by atoms with Crippen molar-refractivity contribution < 1.29 is 24.6 Å². The number of nitrogens with two attached hydrogens (primary N) is 2. The number of aromatic nitrogens is 4. The maximum Gasteiger partial charge on any atom is 0.337 e. The van der Waals surface area contributed by atoms with Gasteiger partial charge in [-0.2, -0.15) is 0 Å². The molecule has 2 aliphatic carbocycles. The number of carboxylic acid groups (broad SMARTS) is 2. The van der Waals surface area contributed by atoms with Crippen molar-refractivity contribution in [1.29, 1.82) is 0 Å². The van der Waals surface area contributed by atoms with E-state index in [2.05, 4.69) is 71.9 Å². The second-order valence-electron chi connectivity index (χ2n) is 13.4. The summed E-state index contributed by atoms with van der Waals surface area (Å²) < 4.78 is 0. The lowest BCUT2D eigenvalue weighted by Crippen LogP contribution is -2.41. The van der Waals surface area contributed by atoms with Crippen LogP contribution >= 0.6 is 11.6 Å². The van der Waals surface area contributed by atoms with E-state index in [-0.39, 0.29) is 34.1 Å². The van der Waals surface area contributed by atoms with Gasteiger partial charge in [-0.15, -0.1) is 0 Å². The number of pyridine rings is 4. The molecule has 0 saturated heterocycles. The van der Waals surface area contributed by atoms with Crippen LogP contribution in [0.25, 0.3) is 0 Å². The average molecular weight is 801 g/mol. The van der Waals surface area contributed by atoms with Gasteiger partial charge in [0.15, 0.2) is 5.82 Å². The van der Waals surface area contributed by atoms with Gasteiger partial charge in [0.05, 0.1) is 28.2 Å². The number of fused-ring (bicyclic) bond motifs is 4. The molecule has 10 N–H and O–H groups in total. The first-order valence-corrected chi connectivity index (χ1v) is 18.6. The van der Waals surface area contributed by atoms with Crippen molar-refractivity contribution in [3.63, 3.8) is 0 Å². The first-order valence-electron chi connectivity index (χ1n) is 18.2. The lowest BCUT2D eigenvalue weighted by Gasteiger charge is -2.22. The standard InChI is InChI=1S/C21H18ClN5O3.C14H14N2.C7H9N3O2/c22-17-9-14(20(28)29)11-24-19(17)26-27-21(30)25-18-15-4-2-1-3-12(15)5-6-13-10-23-8-7-16(13)18;15-14-12-4-2-1-3-10(12)5-6-11-9-16-8-7-13(11)14;1-4-2-5(7(11)12)3-9-6(4)10-8/h1-4,7-11,18H,5-6H2,(H,24,26)(H,28,29)(H2,25,27,30);1-4,7-9,14H,5-6,15H2;2-3H,8H2,1H3,(H,9,10)(H,11,12). The van der Waals surface area contributed by atoms with E-state index in [1.165, 1.54) is 46.1 Å². The molecule has 2 atom stereocenters. The lowest BCUT2D eigenvalue weighted by atomic mass is 9.96. The van der Waals surface area contributed by atoms with Crippen LogP contribution in [0.1, 0.15) is 82.9 Å². The van der Waals surface area contributed by atoms with Crippen molar-refractivity contribution in [1.82, 2.24) is 30.7 Å². The topological polar surface area (TPSA) is 243 Å². The predicted molar refractivity (Wildman–Crippen MR) is 219 cm³/mol. The average Bonchev–Trinajstić information content (AvgIpc) is 3.48. The van der Waals surface area contributed by atoms with Gasteiger partial charge >= 0.3 is 18.0 Å². The number of rotatable bonds is 6. The smallest absolute Gasteiger partial charge is 0.337 e. The number of aryl methyl sites for hydroxylation is 5. The van der Waals surface area contributed by atoms with Crippen LogP contribution in [0, 0.1) is 6.92 Å². The maximum atomic E-state index is 12.6. The second kappa shape index (κ2) is 18.8. The number of urea groups is 1. The molecule has 4 heterocycles. The summed E-state index contributed by atoms with van der Waals surface area (Å²) in [4.78, 5) is 50.2. The van der Waals surface area contributed by atoms with Gasteiger partial charge < -0.3 is 26.7 Å². The molecule has 2 amide bonds. The first kappa shape index (κ1) is 40.7. The number of nitrogen functional groups attached to an aromatic ring is 1. The number of benzene rings is 2. The second-order valence-corrected chi connectivity index (χ2v) is 13.8. The maximum absolute atomic E-state index is 12.6. The molecule has 4 aromatic heterocycles. The van der Waals surface area contributed by atoms with Gasteiger partial charge in [-0.05, 0) is 107 Å². The number of anilines is 2. The van der Waals surface area contributed by atoms with E-state index in [0.29, 0.717) is 11.4 Å². The van der Waals surface area contributed by atoms with E-state index >= 15 is 0 Å². The Morgan fingerprint density at radius 3 is 1.79 bits per heavy atom. The first-order chi connectivity index (χ1) is 28.0. The lowest BCUT2D eigenvalue weighted by molar-refractivity contribution is 0.0685. The zero-order valence-electron chi connectivity index (χ0n) is 31.3. The Balaban J connectivity index is 0.000000168. The quantitative estimate of drug-likeness (QED) is 0.0719. The summed E-state index contributed by atoms with van der Waals surface area (Å²) in [6.07, 6.45) is 13.5. The van der Waals surface area contributed by atoms with Gasteiger partial charge in [0.25, 0.3) is 0 Å². The van der Waals surface area contributed by atoms with Gasteiger partial charge in [0.2, 0.25) is 0 Å². The highest BCUT2D eigenvalue weighted by Crippen LogP contribution is 2.32. The third-order valence-electron chi connectivity index (χ3n) is 9.73. The van der Waals surface area contributed by atoms with E-state index < -0.39 is 18.0 Å². The van der Waals surface area contributed by atoms with E-state index in [1.54, 1.807) is 13.1 Å². The van der Waals surface area contributed by atoms with Crippen LogP contribution in [0.2, 0.25) is 5.02 Å². The van der Waals surface area contributed by atoms with Crippen LogP contribution in [0.5, 0.6) is 0 Å². The number of hydrazine groups is 2. The van der Waals surface area contributed by atoms with Crippen LogP contribution in [0.4, 0.5) is 16.4 Å². The molecule has 296 valence electrons. The number of amides is 2. The summed E-state index contributed by atoms with van der Waals surface area (Å²) in [5.41, 5.74) is 24.0. The van der Waals surface area contributed by atoms with Gasteiger partial charge in [0, 0.05) is 37.2 Å². The van der Waals surface area contributed by atoms with Crippen LogP contribution in [-0.2, 0) is 25.7 Å². The van der Waals surface area contributed by atoms with Crippen molar-refractivity contribution in [3.05, 3.63) is 176 Å². The van der Waals surface area contributed by atoms with Crippen LogP contribution in [-0.4, -0.2) is 48.1 Å². The minimum absolute atomic E-state index is 0.00306. The summed E-state index contributed by atoms with van der Waals surface area (Å²) in [5, 5.41) is 20.6. The molecule has 0 fully saturated rings. The SMILES string of the molecule is Cc1cc(C(=O)O)cnc1NN.NC1c2ccccc2CCc2cnccc21.O=C(NNc1ncc(C(=O)O)cc1Cl)NC1c2ccccc2CCc2cnccc21. The largest absolute Gasteiger partial charge is 0.478 e. The number of carbonyl (C=O) groups is 3. The number of nitrogens with zero attached hydrogens (tertiary/aromatic N) is 4. The van der Waals surface area contributed by atoms with Gasteiger partial charge in [-0.25, -0.2) is 30.2 Å². The normalized spacial score (nSPS) is 14.6. The minimum atomic E-state index is -1.14. The van der Waals surface area contributed by atoms with E-state index in [9.17, 15) is 14.4 Å². The summed E-state index contributed by atoms with van der Waals surface area (Å²) in [7, 11) is 0. The molecule has 0 bridgehead atoms. The Morgan fingerprint density at radius 1 is 0.690 bits per heavy atom. The van der Waals surface area contributed by atoms with E-state index in [0.717, 1.165) is 48.6 Å². The fourth-order valence-electron chi connectivity index (χ4n) is 6.79. The number of aromatic carboxylic acids is 2. The molecule has 0 saturated carbocycles. The van der Waals surface area contributed by atoms with E-state index in [4.69, 9.17) is 33.4 Å². The van der Waals surface area contributed by atoms with Crippen molar-refractivity contribution in [2.24, 2.45) is 11.6 Å². The minimum Gasteiger partial charge on any atom is -0.478 e. The third-order valence-corrected chi connectivity index (χ3v) is 10.0. The number of hydrogen-bond donors (Lipinski definition) is 8. The molecule has 2 unspecified atom stereocenters. The van der Waals surface area contributed by atoms with Crippen molar-refractivity contribution >= 4 is 41.2 Å². The number of hydrogen-bond acceptors (Lipinski definition) is 11. The van der Waals surface area contributed by atoms with Crippen LogP contribution < -0.4 is 33.2 Å². The Bertz CT molecular complexity index is 2350. The van der Waals surface area contributed by atoms with Gasteiger partial charge in [0.1, 0.15) is 5.82 Å². The van der Waals surface area contributed by atoms with Crippen LogP contribution in [0.3, 0.4) is 0 Å². The molecule has 0 spiro atoms. The van der Waals surface area contributed by atoms with Crippen molar-refractivity contribution in [2.45, 2.75) is 44.7 Å². The predicted octanol–water partition coefficient (Wildman–Crippen LogP) is 5.94. The zero-order chi connectivity index (χ0) is 41.2. The third kappa shape index (κ3) is 9.70. The molecule has 0 aliphatic heterocycles. The Hall–Kier alpha value is -6.94. The number of carboxylic acids is 2. The Morgan fingerprint density at radius 2 is 1.19 bits per heavy atom. The summed E-state index contributed by atoms with van der Waals surface area (Å²) in [6, 6.07) is 22.3. The molecule has 2 aromatic carbocycles. The fourth-order valence-corrected chi connectivity index (χ4v) is 7.00. The number of halogens is 1. The molecular formula is C42H41ClN10O5. The van der Waals surface area contributed by atoms with Gasteiger partial charge in [-0.3, -0.25) is 20.8 Å². The molecular weight excluding hydrogens is 760 g/mol. The molecule has 58 heavy (non-hydrogen) atoms. The zero-order valence-corrected chi connectivity index (χ0v) is 32.1. The van der Waals surface area contributed by atoms with Gasteiger partial charge in [-0.1, -0.05) is 60.1 Å². The molecule has 8 rings (SSSR count). The molecule has 0 radical (unpaired) electrons. The molecule has 16 heteroatoms. The molecule has 15 nitrogen and oxygen atoms in total. The number of nitrogens with one attached hydrogen (secondary N) is 4. The summed E-state index contributed by atoms with van der Waals surface area (Å²) >= 11 is 6.04. The van der Waals surface area contributed by atoms with Crippen molar-refractivity contribution in [2.75, 3.05) is 10.9 Å². The fraction of sp³-hybridized carbons (Fsp3) is 0.167. The summed E-state index contributed by atoms with van der Waals surface area (Å²) in [5.74, 6) is 3.62. The highest BCUT2D eigenvalue weighted by Gasteiger charge is 2.25. The summed E-state index contributed by atoms with van der Waals surface area (Å²) in [6.45, 7) is 1.73.